The summed E-state index contributed by atoms with van der Waals surface area (Å²) in [6.45, 7) is 23.8. The van der Waals surface area contributed by atoms with E-state index in [-0.39, 0.29) is 42.5 Å². The van der Waals surface area contributed by atoms with Crippen molar-refractivity contribution in [2.24, 2.45) is 11.8 Å². The second-order valence-corrected chi connectivity index (χ2v) is 14.9. The molecule has 1 N–H and O–H groups in total. The maximum Gasteiger partial charge on any atom is 0.159 e. The van der Waals surface area contributed by atoms with Crippen molar-refractivity contribution in [3.8, 4) is 22.4 Å². The molecule has 241 valence electrons. The van der Waals surface area contributed by atoms with E-state index in [0.717, 1.165) is 22.3 Å². The van der Waals surface area contributed by atoms with Gasteiger partial charge in [-0.2, -0.15) is 0 Å². The van der Waals surface area contributed by atoms with Crippen LogP contribution in [0.3, 0.4) is 0 Å². The maximum atomic E-state index is 11.2. The maximum absolute atomic E-state index is 11.2. The molecule has 1 aliphatic rings. The number of aliphatic hydroxyl groups excluding tert-OH is 1. The summed E-state index contributed by atoms with van der Waals surface area (Å²) in [5, 5.41) is 10.6. The minimum absolute atomic E-state index is 0. The van der Waals surface area contributed by atoms with Gasteiger partial charge in [-0.3, -0.25) is 9.78 Å². The largest absolute Gasteiger partial charge is 0.512 e. The molecule has 45 heavy (non-hydrogen) atoms. The normalized spacial score (nSPS) is 13.7. The first-order valence-electron chi connectivity index (χ1n) is 16.0. The second kappa shape index (κ2) is 14.1. The second-order valence-electron chi connectivity index (χ2n) is 14.9. The van der Waals surface area contributed by atoms with Gasteiger partial charge in [-0.1, -0.05) is 106 Å². The zero-order valence-corrected chi connectivity index (χ0v) is 31.4. The Balaban J connectivity index is 0.000000338. The van der Waals surface area contributed by atoms with E-state index in [9.17, 15) is 9.90 Å². The Kier molecular flexibility index (Phi) is 11.4. The van der Waals surface area contributed by atoms with E-state index >= 15 is 0 Å². The number of aliphatic hydroxyl groups is 1. The number of hydrogen-bond donors (Lipinski definition) is 1. The minimum atomic E-state index is -0.0221. The van der Waals surface area contributed by atoms with Crippen LogP contribution < -0.4 is 0 Å². The van der Waals surface area contributed by atoms with Crippen LogP contribution in [0.2, 0.25) is 0 Å². The number of allylic oxidation sites excluding steroid dienone is 2. The van der Waals surface area contributed by atoms with Gasteiger partial charge in [0.1, 0.15) is 0 Å². The summed E-state index contributed by atoms with van der Waals surface area (Å²) in [4.78, 5) is 16.4. The fourth-order valence-electron chi connectivity index (χ4n) is 6.34. The van der Waals surface area contributed by atoms with Gasteiger partial charge in [0.25, 0.3) is 0 Å². The fourth-order valence-corrected chi connectivity index (χ4v) is 6.34. The Labute approximate surface area is 284 Å². The summed E-state index contributed by atoms with van der Waals surface area (Å²) in [6.07, 6.45) is 2.46. The minimum Gasteiger partial charge on any atom is -0.512 e. The predicted octanol–water partition coefficient (Wildman–Crippen LogP) is 11.0. The van der Waals surface area contributed by atoms with Gasteiger partial charge >= 0.3 is 0 Å². The predicted molar refractivity (Wildman–Crippen MR) is 186 cm³/mol. The number of pyridine rings is 1. The van der Waals surface area contributed by atoms with E-state index in [2.05, 4.69) is 109 Å². The van der Waals surface area contributed by atoms with Crippen molar-refractivity contribution in [3.05, 3.63) is 100 Å². The molecular weight excluding hydrogens is 731 g/mol. The molecule has 0 amide bonds. The van der Waals surface area contributed by atoms with E-state index in [1.165, 1.54) is 44.8 Å². The van der Waals surface area contributed by atoms with Crippen LogP contribution in [0.5, 0.6) is 0 Å². The SMILES string of the molecule is CC(C)CC(=O)/C=C(\O)CC(C)C.Cc1[c-]c(-c2cc(C(C)(C)C)c3cc4c(cc3n2)C(C)(C)c2ccccc2-4)cc(C)c1.[Ir]. The van der Waals surface area contributed by atoms with Crippen LogP contribution in [0.1, 0.15) is 103 Å². The number of hydrogen-bond acceptors (Lipinski definition) is 3. The van der Waals surface area contributed by atoms with Crippen molar-refractivity contribution in [3.63, 3.8) is 0 Å². The molecule has 0 saturated heterocycles. The van der Waals surface area contributed by atoms with Crippen LogP contribution in [0, 0.1) is 31.7 Å². The van der Waals surface area contributed by atoms with Gasteiger partial charge in [0, 0.05) is 49.8 Å². The molecule has 0 saturated carbocycles. The third-order valence-electron chi connectivity index (χ3n) is 8.30. The van der Waals surface area contributed by atoms with Crippen molar-refractivity contribution in [1.82, 2.24) is 4.98 Å². The van der Waals surface area contributed by atoms with Crippen LogP contribution in [0.25, 0.3) is 33.3 Å². The van der Waals surface area contributed by atoms with Gasteiger partial charge in [0.15, 0.2) is 5.78 Å². The fraction of sp³-hybridized carbons (Fsp3) is 0.415. The number of carbonyl (C=O) groups excluding carboxylic acids is 1. The average molecular weight is 781 g/mol. The number of carbonyl (C=O) groups is 1. The summed E-state index contributed by atoms with van der Waals surface area (Å²) >= 11 is 0. The first-order chi connectivity index (χ1) is 20.5. The van der Waals surface area contributed by atoms with Gasteiger partial charge in [-0.05, 0) is 62.9 Å². The van der Waals surface area contributed by atoms with Gasteiger partial charge in [0.05, 0.1) is 11.3 Å². The standard InChI is InChI=1S/C30H30N.C11H20O2.Ir/c1-18-12-19(2)14-20(13-18)27-16-25(29(3,4)5)23-15-22-21-10-8-9-11-24(21)30(6,7)26(22)17-28(23)31-27;1-8(2)5-10(12)7-11(13)6-9(3)4;/h8-13,15-17H,1-7H3;7-9,12H,5-6H2,1-4H3;/q-1;;/b;10-7-;. The van der Waals surface area contributed by atoms with Crippen molar-refractivity contribution in [2.45, 2.75) is 99.8 Å². The summed E-state index contributed by atoms with van der Waals surface area (Å²) in [6, 6.07) is 23.7. The van der Waals surface area contributed by atoms with Crippen LogP contribution in [-0.2, 0) is 35.7 Å². The summed E-state index contributed by atoms with van der Waals surface area (Å²) < 4.78 is 0. The number of ketones is 1. The average Bonchev–Trinajstić information content (AvgIpc) is 3.11. The van der Waals surface area contributed by atoms with Crippen molar-refractivity contribution in [1.29, 1.82) is 0 Å². The number of nitrogens with zero attached hydrogens (tertiary/aromatic N) is 1. The van der Waals surface area contributed by atoms with Crippen LogP contribution in [0.15, 0.2) is 66.4 Å². The number of aryl methyl sites for hydroxylation is 2. The van der Waals surface area contributed by atoms with Gasteiger partial charge in [0.2, 0.25) is 0 Å². The smallest absolute Gasteiger partial charge is 0.159 e. The molecule has 0 aliphatic heterocycles. The molecule has 4 heteroatoms. The molecule has 1 aliphatic carbocycles. The number of aromatic nitrogens is 1. The molecular formula is C41H50IrNO2-. The van der Waals surface area contributed by atoms with E-state index in [0.29, 0.717) is 24.7 Å². The van der Waals surface area contributed by atoms with Gasteiger partial charge < -0.3 is 5.11 Å². The first-order valence-corrected chi connectivity index (χ1v) is 16.0. The van der Waals surface area contributed by atoms with E-state index in [1.807, 2.05) is 27.7 Å². The van der Waals surface area contributed by atoms with Crippen molar-refractivity contribution < 1.29 is 30.0 Å². The van der Waals surface area contributed by atoms with Gasteiger partial charge in [-0.15, -0.1) is 34.9 Å². The molecule has 0 bridgehead atoms. The first kappa shape index (κ1) is 36.4. The van der Waals surface area contributed by atoms with Crippen LogP contribution >= 0.6 is 0 Å². The molecule has 1 aromatic heterocycles. The van der Waals surface area contributed by atoms with Crippen molar-refractivity contribution >= 4 is 16.7 Å². The molecule has 3 aromatic carbocycles. The molecule has 3 nitrogen and oxygen atoms in total. The monoisotopic (exact) mass is 781 g/mol. The topological polar surface area (TPSA) is 50.2 Å². The zero-order valence-electron chi connectivity index (χ0n) is 29.0. The molecule has 1 radical (unpaired) electrons. The van der Waals surface area contributed by atoms with E-state index in [1.54, 1.807) is 0 Å². The molecule has 0 fully saturated rings. The summed E-state index contributed by atoms with van der Waals surface area (Å²) in [7, 11) is 0. The summed E-state index contributed by atoms with van der Waals surface area (Å²) in [5.74, 6) is 0.979. The Morgan fingerprint density at radius 1 is 0.911 bits per heavy atom. The molecule has 0 atom stereocenters. The number of rotatable bonds is 6. The number of fused-ring (bicyclic) bond motifs is 4. The number of benzene rings is 3. The molecule has 5 rings (SSSR count). The third kappa shape index (κ3) is 8.40. The molecule has 1 heterocycles. The molecule has 4 aromatic rings. The van der Waals surface area contributed by atoms with E-state index in [4.69, 9.17) is 4.98 Å². The quantitative estimate of drug-likeness (QED) is 0.120. The van der Waals surface area contributed by atoms with Gasteiger partial charge in [-0.25, -0.2) is 0 Å². The third-order valence-corrected chi connectivity index (χ3v) is 8.30. The van der Waals surface area contributed by atoms with E-state index < -0.39 is 0 Å². The zero-order chi connectivity index (χ0) is 32.6. The Bertz CT molecular complexity index is 1700. The van der Waals surface area contributed by atoms with Crippen LogP contribution in [-0.4, -0.2) is 15.9 Å². The Morgan fingerprint density at radius 2 is 1.56 bits per heavy atom. The Morgan fingerprint density at radius 3 is 2.16 bits per heavy atom. The Hall–Kier alpha value is -3.07. The molecule has 0 spiro atoms. The molecule has 0 unspecified atom stereocenters. The summed E-state index contributed by atoms with van der Waals surface area (Å²) in [5.41, 5.74) is 12.4. The van der Waals surface area contributed by atoms with Crippen molar-refractivity contribution in [2.75, 3.05) is 0 Å². The van der Waals surface area contributed by atoms with Crippen LogP contribution in [0.4, 0.5) is 0 Å².